The molecule has 0 saturated heterocycles. The normalized spacial score (nSPS) is 10.0. The Hall–Kier alpha value is -0.150. The monoisotopic (exact) mass is 232 g/mol. The minimum atomic E-state index is 0.369. The zero-order valence-corrected chi connectivity index (χ0v) is 8.58. The van der Waals surface area contributed by atoms with Gasteiger partial charge >= 0.3 is 0 Å². The van der Waals surface area contributed by atoms with E-state index < -0.39 is 0 Å². The van der Waals surface area contributed by atoms with E-state index in [9.17, 15) is 5.11 Å². The maximum Gasteiger partial charge on any atom is 0.120 e. The molecule has 0 atom stereocenters. The third kappa shape index (κ3) is 2.42. The van der Waals surface area contributed by atoms with Gasteiger partial charge in [0.25, 0.3) is 0 Å². The van der Waals surface area contributed by atoms with Crippen LogP contribution in [0.3, 0.4) is 0 Å². The molecule has 0 bridgehead atoms. The van der Waals surface area contributed by atoms with Gasteiger partial charge in [0.1, 0.15) is 5.75 Å². The average molecular weight is 233 g/mol. The van der Waals surface area contributed by atoms with E-state index in [2.05, 4.69) is 15.9 Å². The number of hydrogen-bond acceptors (Lipinski definition) is 2. The first-order valence-corrected chi connectivity index (χ1v) is 5.39. The van der Waals surface area contributed by atoms with Crippen molar-refractivity contribution in [2.75, 3.05) is 6.26 Å². The first-order chi connectivity index (χ1) is 5.24. The number of benzene rings is 1. The molecule has 0 fully saturated rings. The number of halogens is 1. The highest BCUT2D eigenvalue weighted by Gasteiger charge is 1.99. The smallest absolute Gasteiger partial charge is 0.120 e. The third-order valence-corrected chi connectivity index (χ3v) is 2.44. The van der Waals surface area contributed by atoms with Gasteiger partial charge in [-0.05, 0) is 18.4 Å². The molecule has 0 amide bonds. The van der Waals surface area contributed by atoms with E-state index in [4.69, 9.17) is 0 Å². The Morgan fingerprint density at radius 1 is 1.55 bits per heavy atom. The summed E-state index contributed by atoms with van der Waals surface area (Å²) in [5.41, 5.74) is 0.987. The van der Waals surface area contributed by atoms with E-state index in [1.807, 2.05) is 18.4 Å². The van der Waals surface area contributed by atoms with Crippen LogP contribution in [0.15, 0.2) is 22.7 Å². The van der Waals surface area contributed by atoms with Crippen molar-refractivity contribution in [3.05, 3.63) is 28.2 Å². The zero-order chi connectivity index (χ0) is 8.27. The molecule has 1 aromatic carbocycles. The van der Waals surface area contributed by atoms with Gasteiger partial charge in [0.2, 0.25) is 0 Å². The van der Waals surface area contributed by atoms with Crippen molar-refractivity contribution in [2.45, 2.75) is 5.75 Å². The zero-order valence-electron chi connectivity index (χ0n) is 6.17. The molecule has 0 saturated carbocycles. The summed E-state index contributed by atoms with van der Waals surface area (Å²) in [5, 5.41) is 9.38. The van der Waals surface area contributed by atoms with E-state index >= 15 is 0 Å². The van der Waals surface area contributed by atoms with E-state index in [0.717, 1.165) is 15.8 Å². The van der Waals surface area contributed by atoms with Crippen LogP contribution in [0, 0.1) is 0 Å². The van der Waals surface area contributed by atoms with Gasteiger partial charge < -0.3 is 5.11 Å². The molecule has 11 heavy (non-hydrogen) atoms. The maximum absolute atomic E-state index is 9.38. The lowest BCUT2D eigenvalue weighted by molar-refractivity contribution is 0.470. The lowest BCUT2D eigenvalue weighted by Gasteiger charge is -2.01. The van der Waals surface area contributed by atoms with E-state index in [1.165, 1.54) is 0 Å². The topological polar surface area (TPSA) is 20.2 Å². The van der Waals surface area contributed by atoms with Crippen molar-refractivity contribution < 1.29 is 5.11 Å². The molecule has 0 aliphatic heterocycles. The molecule has 3 heteroatoms. The minimum absolute atomic E-state index is 0.369. The maximum atomic E-state index is 9.38. The second-order valence-electron chi connectivity index (χ2n) is 2.21. The molecule has 1 nitrogen and oxygen atoms in total. The van der Waals surface area contributed by atoms with Crippen molar-refractivity contribution in [1.29, 1.82) is 0 Å². The van der Waals surface area contributed by atoms with Gasteiger partial charge in [-0.1, -0.05) is 22.0 Å². The highest BCUT2D eigenvalue weighted by molar-refractivity contribution is 9.10. The molecule has 0 heterocycles. The Morgan fingerprint density at radius 2 is 2.27 bits per heavy atom. The lowest BCUT2D eigenvalue weighted by Crippen LogP contribution is -1.80. The molecule has 0 spiro atoms. The molecular weight excluding hydrogens is 224 g/mol. The molecule has 0 aromatic heterocycles. The lowest BCUT2D eigenvalue weighted by atomic mass is 10.2. The van der Waals surface area contributed by atoms with Crippen LogP contribution >= 0.6 is 27.7 Å². The molecule has 0 aliphatic carbocycles. The molecule has 0 aliphatic rings. The number of hydrogen-bond donors (Lipinski definition) is 1. The summed E-state index contributed by atoms with van der Waals surface area (Å²) in [4.78, 5) is 0. The van der Waals surface area contributed by atoms with Crippen LogP contribution in [0.5, 0.6) is 5.75 Å². The number of phenolic OH excluding ortho intramolecular Hbond substituents is 1. The van der Waals surface area contributed by atoms with Crippen molar-refractivity contribution in [3.8, 4) is 5.75 Å². The highest BCUT2D eigenvalue weighted by atomic mass is 79.9. The summed E-state index contributed by atoms with van der Waals surface area (Å²) >= 11 is 4.98. The van der Waals surface area contributed by atoms with Crippen LogP contribution in [-0.2, 0) is 5.75 Å². The predicted octanol–water partition coefficient (Wildman–Crippen LogP) is 3.02. The Morgan fingerprint density at radius 3 is 2.82 bits per heavy atom. The quantitative estimate of drug-likeness (QED) is 0.847. The molecule has 60 valence electrons. The summed E-state index contributed by atoms with van der Waals surface area (Å²) in [5.74, 6) is 1.23. The van der Waals surface area contributed by atoms with Gasteiger partial charge in [-0.2, -0.15) is 11.8 Å². The second-order valence-corrected chi connectivity index (χ2v) is 3.99. The standard InChI is InChI=1S/C8H9BrOS/c1-11-5-6-2-3-7(9)4-8(6)10/h2-4,10H,5H2,1H3. The number of aromatic hydroxyl groups is 1. The minimum Gasteiger partial charge on any atom is -0.508 e. The molecule has 1 N–H and O–H groups in total. The van der Waals surface area contributed by atoms with Gasteiger partial charge in [0.15, 0.2) is 0 Å². The fourth-order valence-corrected chi connectivity index (χ4v) is 1.72. The molecule has 1 aromatic rings. The molecule has 0 radical (unpaired) electrons. The Kier molecular flexibility index (Phi) is 3.27. The Balaban J connectivity index is 2.90. The molecule has 1 rings (SSSR count). The fourth-order valence-electron chi connectivity index (χ4n) is 0.815. The third-order valence-electron chi connectivity index (χ3n) is 1.35. The van der Waals surface area contributed by atoms with Gasteiger partial charge in [0, 0.05) is 15.8 Å². The first kappa shape index (κ1) is 8.94. The van der Waals surface area contributed by atoms with Crippen molar-refractivity contribution in [3.63, 3.8) is 0 Å². The Labute approximate surface area is 78.9 Å². The summed E-state index contributed by atoms with van der Waals surface area (Å²) in [7, 11) is 0. The average Bonchev–Trinajstić information content (AvgIpc) is 1.95. The van der Waals surface area contributed by atoms with Crippen LogP contribution in [0.4, 0.5) is 0 Å². The van der Waals surface area contributed by atoms with Crippen LogP contribution in [0.1, 0.15) is 5.56 Å². The van der Waals surface area contributed by atoms with E-state index in [0.29, 0.717) is 5.75 Å². The van der Waals surface area contributed by atoms with Crippen molar-refractivity contribution >= 4 is 27.7 Å². The molecule has 0 unspecified atom stereocenters. The summed E-state index contributed by atoms with van der Waals surface area (Å²) < 4.78 is 0.917. The number of rotatable bonds is 2. The highest BCUT2D eigenvalue weighted by Crippen LogP contribution is 2.24. The Bertz CT molecular complexity index is 250. The number of thioether (sulfide) groups is 1. The van der Waals surface area contributed by atoms with Crippen LogP contribution in [0.25, 0.3) is 0 Å². The fraction of sp³-hybridized carbons (Fsp3) is 0.250. The summed E-state index contributed by atoms with van der Waals surface area (Å²) in [6.45, 7) is 0. The van der Waals surface area contributed by atoms with Crippen molar-refractivity contribution in [1.82, 2.24) is 0 Å². The summed E-state index contributed by atoms with van der Waals surface area (Å²) in [6, 6.07) is 5.58. The van der Waals surface area contributed by atoms with Gasteiger partial charge in [-0.15, -0.1) is 0 Å². The van der Waals surface area contributed by atoms with Crippen molar-refractivity contribution in [2.24, 2.45) is 0 Å². The van der Waals surface area contributed by atoms with Gasteiger partial charge in [-0.25, -0.2) is 0 Å². The van der Waals surface area contributed by atoms with Crippen LogP contribution in [0.2, 0.25) is 0 Å². The first-order valence-electron chi connectivity index (χ1n) is 3.20. The molecular formula is C8H9BrOS. The number of phenols is 1. The van der Waals surface area contributed by atoms with Gasteiger partial charge in [-0.3, -0.25) is 0 Å². The SMILES string of the molecule is CSCc1ccc(Br)cc1O. The van der Waals surface area contributed by atoms with Crippen LogP contribution < -0.4 is 0 Å². The van der Waals surface area contributed by atoms with E-state index in [1.54, 1.807) is 17.8 Å². The summed E-state index contributed by atoms with van der Waals surface area (Å²) in [6.07, 6.45) is 2.02. The largest absolute Gasteiger partial charge is 0.508 e. The van der Waals surface area contributed by atoms with Crippen LogP contribution in [-0.4, -0.2) is 11.4 Å². The predicted molar refractivity (Wildman–Crippen MR) is 53.0 cm³/mol. The van der Waals surface area contributed by atoms with Gasteiger partial charge in [0.05, 0.1) is 0 Å². The van der Waals surface area contributed by atoms with E-state index in [-0.39, 0.29) is 0 Å². The second kappa shape index (κ2) is 4.02.